The number of halogens is 3. The van der Waals surface area contributed by atoms with Crippen molar-refractivity contribution in [1.29, 1.82) is 0 Å². The van der Waals surface area contributed by atoms with Gasteiger partial charge in [-0.15, -0.1) is 0 Å². The Labute approximate surface area is 159 Å². The van der Waals surface area contributed by atoms with Crippen LogP contribution in [0, 0.1) is 5.82 Å². The fourth-order valence-electron chi connectivity index (χ4n) is 3.45. The molecular weight excluding hydrogens is 434 g/mol. The quantitative estimate of drug-likeness (QED) is 0.515. The van der Waals surface area contributed by atoms with E-state index in [2.05, 4.69) is 35.9 Å². The smallest absolute Gasteiger partial charge is 0.410 e. The van der Waals surface area contributed by atoms with Crippen molar-refractivity contribution in [1.82, 2.24) is 15.0 Å². The third-order valence-electron chi connectivity index (χ3n) is 4.89. The van der Waals surface area contributed by atoms with Crippen molar-refractivity contribution in [2.24, 2.45) is 4.99 Å². The summed E-state index contributed by atoms with van der Waals surface area (Å²) in [5.74, 6) is -1.04. The molecule has 3 rings (SSSR count). The van der Waals surface area contributed by atoms with Crippen molar-refractivity contribution in [3.05, 3.63) is 28.2 Å². The molecule has 0 spiro atoms. The minimum atomic E-state index is -2.74. The molecule has 7 nitrogen and oxygen atoms in total. The second kappa shape index (κ2) is 6.70. The van der Waals surface area contributed by atoms with Gasteiger partial charge in [0.15, 0.2) is 0 Å². The summed E-state index contributed by atoms with van der Waals surface area (Å²) in [6.07, 6.45) is -0.213. The van der Waals surface area contributed by atoms with E-state index in [4.69, 9.17) is 0 Å². The molecule has 0 radical (unpaired) electrons. The molecule has 4 N–H and O–H groups in total. The van der Waals surface area contributed by atoms with Crippen molar-refractivity contribution in [2.75, 3.05) is 19.0 Å². The van der Waals surface area contributed by atoms with E-state index in [-0.39, 0.29) is 21.9 Å². The number of rotatable bonds is 2. The third kappa shape index (κ3) is 3.00. The second-order valence-electron chi connectivity index (χ2n) is 6.60. The lowest BCUT2D eigenvalue weighted by molar-refractivity contribution is 0.199. The highest BCUT2D eigenvalue weighted by Gasteiger charge is 2.58. The van der Waals surface area contributed by atoms with Crippen LogP contribution in [0.1, 0.15) is 25.5 Å². The minimum absolute atomic E-state index is 0.0697. The maximum absolute atomic E-state index is 14.5. The van der Waals surface area contributed by atoms with Crippen molar-refractivity contribution in [3.63, 3.8) is 0 Å². The number of pyridine rings is 1. The Bertz CT molecular complexity index is 785. The highest BCUT2D eigenvalue weighted by atomic mass is 79.9. The highest BCUT2D eigenvalue weighted by Crippen LogP contribution is 2.63. The number of aliphatic imine (C=N–C) groups is 1. The molecule has 1 aromatic rings. The van der Waals surface area contributed by atoms with Gasteiger partial charge >= 0.3 is 6.09 Å². The van der Waals surface area contributed by atoms with Crippen LogP contribution < -0.4 is 10.0 Å². The maximum Gasteiger partial charge on any atom is 0.410 e. The van der Waals surface area contributed by atoms with E-state index in [1.54, 1.807) is 6.92 Å². The first-order valence-corrected chi connectivity index (χ1v) is 10.5. The van der Waals surface area contributed by atoms with Crippen LogP contribution in [-0.4, -0.2) is 50.3 Å². The Morgan fingerprint density at radius 3 is 2.92 bits per heavy atom. The van der Waals surface area contributed by atoms with Gasteiger partial charge in [-0.2, -0.15) is 0 Å². The van der Waals surface area contributed by atoms with Gasteiger partial charge in [0.2, 0.25) is 0 Å². The Hall–Kier alpha value is -1.30. The number of carboxylic acid groups (broad SMARTS) is 1. The molecule has 0 aliphatic carbocycles. The lowest BCUT2D eigenvalue weighted by Gasteiger charge is -2.58. The summed E-state index contributed by atoms with van der Waals surface area (Å²) in [6.45, 7) is 1.06. The second-order valence-corrected chi connectivity index (χ2v) is 10.3. The fourth-order valence-corrected chi connectivity index (χ4v) is 6.85. The molecule has 11 heteroatoms. The van der Waals surface area contributed by atoms with E-state index >= 15 is 0 Å². The molecule has 1 saturated heterocycles. The van der Waals surface area contributed by atoms with Gasteiger partial charge in [-0.25, -0.2) is 18.6 Å². The molecule has 26 heavy (non-hydrogen) atoms. The van der Waals surface area contributed by atoms with E-state index in [1.807, 2.05) is 0 Å². The number of carbonyl (C=O) groups is 1. The van der Waals surface area contributed by atoms with Crippen LogP contribution >= 0.6 is 26.4 Å². The van der Waals surface area contributed by atoms with Gasteiger partial charge in [0.05, 0.1) is 4.75 Å². The molecule has 2 aliphatic heterocycles. The highest BCUT2D eigenvalue weighted by molar-refractivity contribution is 9.10. The zero-order valence-electron chi connectivity index (χ0n) is 13.9. The third-order valence-corrected chi connectivity index (χ3v) is 8.80. The molecular formula is C15H19BrF2N4O3S. The van der Waals surface area contributed by atoms with Gasteiger partial charge in [-0.05, 0) is 47.8 Å². The number of fused-ring (bicyclic) bond motifs is 1. The molecule has 0 unspecified atom stereocenters. The lowest BCUT2D eigenvalue weighted by Crippen LogP contribution is -2.62. The van der Waals surface area contributed by atoms with Gasteiger partial charge in [-0.1, -0.05) is 10.5 Å². The SMILES string of the molecule is C[C@@]12CCCN[S@]1(O)C[C@@](CF)(c1nc(Br)ccc1F)N=C2NC(=O)O. The molecule has 144 valence electrons. The first kappa shape index (κ1) is 19.5. The number of nitrogens with one attached hydrogen (secondary N) is 2. The minimum Gasteiger partial charge on any atom is -0.465 e. The van der Waals surface area contributed by atoms with E-state index in [9.17, 15) is 23.2 Å². The molecule has 1 aromatic heterocycles. The summed E-state index contributed by atoms with van der Waals surface area (Å²) in [5, 5.41) is 11.4. The monoisotopic (exact) mass is 452 g/mol. The first-order valence-electron chi connectivity index (χ1n) is 7.92. The van der Waals surface area contributed by atoms with Gasteiger partial charge in [-0.3, -0.25) is 15.0 Å². The van der Waals surface area contributed by atoms with Gasteiger partial charge in [0.25, 0.3) is 0 Å². The molecule has 2 aliphatic rings. The Balaban J connectivity index is 2.24. The standard InChI is InChI=1S/C15H19BrF2N4O3S/c1-14-5-2-6-19-26(14,25)8-15(7-17,22-12(14)21-13(23)24)11-9(18)3-4-10(16)20-11/h3-4,19,25H,2,5-8H2,1H3,(H,21,22)(H,23,24)/t14-,15-/m0/s1. The molecule has 1 amide bonds. The van der Waals surface area contributed by atoms with Gasteiger partial charge < -0.3 is 9.66 Å². The van der Waals surface area contributed by atoms with E-state index < -0.39 is 39.4 Å². The summed E-state index contributed by atoms with van der Waals surface area (Å²) in [4.78, 5) is 19.6. The number of aromatic nitrogens is 1. The fraction of sp³-hybridized carbons (Fsp3) is 0.533. The zero-order valence-corrected chi connectivity index (χ0v) is 16.3. The number of amides is 1. The van der Waals surface area contributed by atoms with Crippen molar-refractivity contribution in [2.45, 2.75) is 30.1 Å². The normalized spacial score (nSPS) is 34.0. The average Bonchev–Trinajstić information content (AvgIpc) is 2.57. The molecule has 0 bridgehead atoms. The Kier molecular flexibility index (Phi) is 5.01. The maximum atomic E-state index is 14.5. The molecule has 3 heterocycles. The number of nitrogens with zero attached hydrogens (tertiary/aromatic N) is 2. The average molecular weight is 453 g/mol. The predicted molar refractivity (Wildman–Crippen MR) is 98.9 cm³/mol. The summed E-state index contributed by atoms with van der Waals surface area (Å²) in [7, 11) is -2.74. The summed E-state index contributed by atoms with van der Waals surface area (Å²) in [5.41, 5.74) is -2.09. The van der Waals surface area contributed by atoms with Crippen molar-refractivity contribution in [3.8, 4) is 0 Å². The van der Waals surface area contributed by atoms with Gasteiger partial charge in [0.1, 0.15) is 34.2 Å². The van der Waals surface area contributed by atoms with Crippen LogP contribution in [0.25, 0.3) is 0 Å². The zero-order chi connectivity index (χ0) is 19.2. The summed E-state index contributed by atoms with van der Waals surface area (Å²) < 4.78 is 42.4. The predicted octanol–water partition coefficient (Wildman–Crippen LogP) is 3.16. The summed E-state index contributed by atoms with van der Waals surface area (Å²) in [6, 6.07) is 2.50. The van der Waals surface area contributed by atoms with Crippen LogP contribution in [0.5, 0.6) is 0 Å². The van der Waals surface area contributed by atoms with Crippen LogP contribution in [0.15, 0.2) is 21.7 Å². The largest absolute Gasteiger partial charge is 0.465 e. The van der Waals surface area contributed by atoms with Crippen molar-refractivity contribution >= 4 is 38.4 Å². The topological polar surface area (TPSA) is 107 Å². The molecule has 0 aromatic carbocycles. The molecule has 3 atom stereocenters. The van der Waals surface area contributed by atoms with E-state index in [0.29, 0.717) is 19.4 Å². The number of alkyl halides is 1. The Morgan fingerprint density at radius 2 is 2.27 bits per heavy atom. The molecule has 1 fully saturated rings. The number of amidine groups is 1. The van der Waals surface area contributed by atoms with Crippen LogP contribution in [-0.2, 0) is 5.54 Å². The number of hydrogen-bond donors (Lipinski definition) is 4. The number of hydrogen-bond acceptors (Lipinski definition) is 5. The van der Waals surface area contributed by atoms with E-state index in [0.717, 1.165) is 6.07 Å². The summed E-state index contributed by atoms with van der Waals surface area (Å²) >= 11 is 3.13. The van der Waals surface area contributed by atoms with Crippen LogP contribution in [0.4, 0.5) is 13.6 Å². The Morgan fingerprint density at radius 1 is 1.54 bits per heavy atom. The van der Waals surface area contributed by atoms with Gasteiger partial charge in [0, 0.05) is 12.3 Å². The van der Waals surface area contributed by atoms with E-state index in [1.165, 1.54) is 6.07 Å². The van der Waals surface area contributed by atoms with Crippen LogP contribution in [0.3, 0.4) is 0 Å². The van der Waals surface area contributed by atoms with Crippen molar-refractivity contribution < 1.29 is 23.2 Å². The van der Waals surface area contributed by atoms with Crippen LogP contribution in [0.2, 0.25) is 0 Å². The first-order chi connectivity index (χ1) is 12.2. The lowest BCUT2D eigenvalue weighted by atomic mass is 9.95. The molecule has 0 saturated carbocycles.